The quantitative estimate of drug-likeness (QED) is 0.346. The number of hydrogen-bond acceptors (Lipinski definition) is 3. The van der Waals surface area contributed by atoms with Gasteiger partial charge < -0.3 is 9.05 Å². The standard InChI is InChI=1S/C18H21BrClO3P/c1-3-22-24(21,23-4-2)13-15-9-14(12-19)10-17(11-15)16-5-7-18(20)8-6-16/h5-11H,3-4,12-13H2,1-2H3. The first-order valence-corrected chi connectivity index (χ1v) is 11.0. The molecule has 2 rings (SSSR count). The van der Waals surface area contributed by atoms with E-state index in [4.69, 9.17) is 20.6 Å². The van der Waals surface area contributed by atoms with E-state index in [0.29, 0.717) is 18.2 Å². The van der Waals surface area contributed by atoms with Crippen LogP contribution in [-0.2, 0) is 25.1 Å². The molecule has 0 fully saturated rings. The van der Waals surface area contributed by atoms with E-state index in [1.165, 1.54) is 0 Å². The minimum Gasteiger partial charge on any atom is -0.309 e. The summed E-state index contributed by atoms with van der Waals surface area (Å²) in [5.41, 5.74) is 4.16. The van der Waals surface area contributed by atoms with Crippen molar-refractivity contribution in [2.75, 3.05) is 13.2 Å². The van der Waals surface area contributed by atoms with E-state index in [2.05, 4.69) is 22.0 Å². The van der Waals surface area contributed by atoms with Gasteiger partial charge in [0.05, 0.1) is 19.4 Å². The van der Waals surface area contributed by atoms with Crippen molar-refractivity contribution in [2.45, 2.75) is 25.3 Å². The number of hydrogen-bond donors (Lipinski definition) is 0. The molecule has 0 N–H and O–H groups in total. The molecule has 0 unspecified atom stereocenters. The van der Waals surface area contributed by atoms with Crippen molar-refractivity contribution >= 4 is 35.1 Å². The SMILES string of the molecule is CCOP(=O)(Cc1cc(CBr)cc(-c2ccc(Cl)cc2)c1)OCC. The molecule has 130 valence electrons. The fourth-order valence-corrected chi connectivity index (χ4v) is 4.61. The van der Waals surface area contributed by atoms with Gasteiger partial charge in [0.25, 0.3) is 0 Å². The molecule has 2 aromatic carbocycles. The Morgan fingerprint density at radius 1 is 0.958 bits per heavy atom. The molecule has 0 radical (unpaired) electrons. The minimum absolute atomic E-state index is 0.260. The van der Waals surface area contributed by atoms with Crippen LogP contribution in [0.4, 0.5) is 0 Å². The lowest BCUT2D eigenvalue weighted by atomic mass is 10.0. The van der Waals surface area contributed by atoms with Crippen LogP contribution in [0.15, 0.2) is 42.5 Å². The molecule has 3 nitrogen and oxygen atoms in total. The van der Waals surface area contributed by atoms with E-state index in [-0.39, 0.29) is 6.16 Å². The summed E-state index contributed by atoms with van der Waals surface area (Å²) in [4.78, 5) is 0. The highest BCUT2D eigenvalue weighted by Crippen LogP contribution is 2.51. The number of halogens is 2. The van der Waals surface area contributed by atoms with Crippen LogP contribution in [0.5, 0.6) is 0 Å². The molecule has 0 amide bonds. The maximum Gasteiger partial charge on any atom is 0.335 e. The van der Waals surface area contributed by atoms with Crippen LogP contribution in [0.1, 0.15) is 25.0 Å². The van der Waals surface area contributed by atoms with Gasteiger partial charge in [-0.05, 0) is 48.2 Å². The topological polar surface area (TPSA) is 35.5 Å². The molecule has 0 aromatic heterocycles. The Balaban J connectivity index is 2.38. The predicted molar refractivity (Wildman–Crippen MR) is 104 cm³/mol. The molecule has 0 aliphatic carbocycles. The highest BCUT2D eigenvalue weighted by atomic mass is 79.9. The fraction of sp³-hybridized carbons (Fsp3) is 0.333. The predicted octanol–water partition coefficient (Wildman–Crippen LogP) is 6.67. The molecular formula is C18H21BrClO3P. The molecule has 0 atom stereocenters. The van der Waals surface area contributed by atoms with Crippen LogP contribution in [0.25, 0.3) is 11.1 Å². The first-order chi connectivity index (χ1) is 11.5. The Labute approximate surface area is 157 Å². The van der Waals surface area contributed by atoms with Crippen LogP contribution in [0, 0.1) is 0 Å². The van der Waals surface area contributed by atoms with Crippen LogP contribution in [-0.4, -0.2) is 13.2 Å². The maximum atomic E-state index is 12.8. The molecule has 24 heavy (non-hydrogen) atoms. The van der Waals surface area contributed by atoms with Gasteiger partial charge in [-0.15, -0.1) is 0 Å². The summed E-state index contributed by atoms with van der Waals surface area (Å²) in [7, 11) is -3.13. The highest BCUT2D eigenvalue weighted by molar-refractivity contribution is 9.08. The molecule has 0 bridgehead atoms. The molecule has 0 aliphatic rings. The van der Waals surface area contributed by atoms with Crippen molar-refractivity contribution in [1.29, 1.82) is 0 Å². The molecule has 0 saturated heterocycles. The molecule has 6 heteroatoms. The maximum absolute atomic E-state index is 12.8. The second-order valence-electron chi connectivity index (χ2n) is 5.28. The Morgan fingerprint density at radius 3 is 2.08 bits per heavy atom. The van der Waals surface area contributed by atoms with Crippen molar-refractivity contribution in [3.05, 3.63) is 58.6 Å². The zero-order valence-corrected chi connectivity index (χ0v) is 17.0. The third-order valence-electron chi connectivity index (χ3n) is 3.41. The summed E-state index contributed by atoms with van der Waals surface area (Å²) in [6.45, 7) is 4.36. The Hall–Kier alpha value is -0.640. The van der Waals surface area contributed by atoms with Gasteiger partial charge in [0.15, 0.2) is 0 Å². The van der Waals surface area contributed by atoms with Gasteiger partial charge in [0.1, 0.15) is 0 Å². The summed E-state index contributed by atoms with van der Waals surface area (Å²) in [5, 5.41) is 1.42. The Bertz CT molecular complexity index is 709. The van der Waals surface area contributed by atoms with Crippen LogP contribution in [0.2, 0.25) is 5.02 Å². The molecular weight excluding hydrogens is 411 g/mol. The van der Waals surface area contributed by atoms with Crippen molar-refractivity contribution in [1.82, 2.24) is 0 Å². The summed E-state index contributed by atoms with van der Waals surface area (Å²) in [6.07, 6.45) is 0.260. The summed E-state index contributed by atoms with van der Waals surface area (Å²) >= 11 is 9.47. The van der Waals surface area contributed by atoms with Crippen molar-refractivity contribution in [3.8, 4) is 11.1 Å². The average Bonchev–Trinajstić information content (AvgIpc) is 2.55. The van der Waals surface area contributed by atoms with E-state index in [9.17, 15) is 4.57 Å². The molecule has 0 aliphatic heterocycles. The van der Waals surface area contributed by atoms with Gasteiger partial charge in [-0.2, -0.15) is 0 Å². The van der Waals surface area contributed by atoms with E-state index >= 15 is 0 Å². The van der Waals surface area contributed by atoms with E-state index in [0.717, 1.165) is 27.6 Å². The third-order valence-corrected chi connectivity index (χ3v) is 6.37. The first-order valence-electron chi connectivity index (χ1n) is 7.82. The molecule has 0 saturated carbocycles. The monoisotopic (exact) mass is 430 g/mol. The lowest BCUT2D eigenvalue weighted by Gasteiger charge is -2.18. The van der Waals surface area contributed by atoms with Crippen molar-refractivity contribution in [2.24, 2.45) is 0 Å². The van der Waals surface area contributed by atoms with E-state index in [1.54, 1.807) is 0 Å². The van der Waals surface area contributed by atoms with Gasteiger partial charge in [-0.1, -0.05) is 57.9 Å². The summed E-state index contributed by atoms with van der Waals surface area (Å²) in [5.74, 6) is 0. The Kier molecular flexibility index (Phi) is 7.52. The van der Waals surface area contributed by atoms with E-state index < -0.39 is 7.60 Å². The van der Waals surface area contributed by atoms with Gasteiger partial charge in [-0.3, -0.25) is 4.57 Å². The van der Waals surface area contributed by atoms with Gasteiger partial charge in [0, 0.05) is 10.4 Å². The zero-order valence-electron chi connectivity index (χ0n) is 13.8. The normalized spacial score (nSPS) is 11.7. The average molecular weight is 432 g/mol. The second kappa shape index (κ2) is 9.17. The first kappa shape index (κ1) is 19.7. The highest BCUT2D eigenvalue weighted by Gasteiger charge is 2.24. The number of benzene rings is 2. The fourth-order valence-electron chi connectivity index (χ4n) is 2.49. The van der Waals surface area contributed by atoms with Crippen molar-refractivity contribution < 1.29 is 13.6 Å². The molecule has 0 spiro atoms. The van der Waals surface area contributed by atoms with Crippen LogP contribution >= 0.6 is 35.1 Å². The van der Waals surface area contributed by atoms with Gasteiger partial charge >= 0.3 is 7.60 Å². The van der Waals surface area contributed by atoms with Gasteiger partial charge in [-0.25, -0.2) is 0 Å². The zero-order chi connectivity index (χ0) is 17.6. The van der Waals surface area contributed by atoms with Gasteiger partial charge in [0.2, 0.25) is 0 Å². The van der Waals surface area contributed by atoms with E-state index in [1.807, 2.05) is 50.2 Å². The third kappa shape index (κ3) is 5.44. The molecule has 2 aromatic rings. The van der Waals surface area contributed by atoms with Crippen LogP contribution in [0.3, 0.4) is 0 Å². The lowest BCUT2D eigenvalue weighted by Crippen LogP contribution is -2.00. The van der Waals surface area contributed by atoms with Crippen LogP contribution < -0.4 is 0 Å². The number of alkyl halides is 1. The van der Waals surface area contributed by atoms with Crippen molar-refractivity contribution in [3.63, 3.8) is 0 Å². The number of rotatable bonds is 8. The second-order valence-corrected chi connectivity index (χ2v) is 8.33. The lowest BCUT2D eigenvalue weighted by molar-refractivity contribution is 0.219. The summed E-state index contributed by atoms with van der Waals surface area (Å²) < 4.78 is 23.6. The molecule has 0 heterocycles. The summed E-state index contributed by atoms with van der Waals surface area (Å²) in [6, 6.07) is 13.8. The smallest absolute Gasteiger partial charge is 0.309 e. The minimum atomic E-state index is -3.13. The Morgan fingerprint density at radius 2 is 1.54 bits per heavy atom. The largest absolute Gasteiger partial charge is 0.335 e.